The molecule has 0 amide bonds. The van der Waals surface area contributed by atoms with E-state index in [1.165, 1.54) is 0 Å². The molecule has 2 rings (SSSR count). The lowest BCUT2D eigenvalue weighted by Crippen LogP contribution is -1.87. The fraction of sp³-hybridized carbons (Fsp3) is 0. The SMILES string of the molecule is Nc1ccccc1Sc1ccncc1Cl. The van der Waals surface area contributed by atoms with Crippen molar-refractivity contribution >= 4 is 29.1 Å². The highest BCUT2D eigenvalue weighted by Gasteiger charge is 2.04. The molecule has 0 unspecified atom stereocenters. The van der Waals surface area contributed by atoms with Gasteiger partial charge < -0.3 is 5.73 Å². The van der Waals surface area contributed by atoms with Gasteiger partial charge in [0, 0.05) is 27.9 Å². The molecule has 0 saturated carbocycles. The summed E-state index contributed by atoms with van der Waals surface area (Å²) in [5, 5.41) is 0.644. The van der Waals surface area contributed by atoms with Crippen molar-refractivity contribution in [2.75, 3.05) is 5.73 Å². The number of nitrogens with zero attached hydrogens (tertiary/aromatic N) is 1. The first-order chi connectivity index (χ1) is 7.27. The number of para-hydroxylation sites is 1. The van der Waals surface area contributed by atoms with Crippen LogP contribution >= 0.6 is 23.4 Å². The van der Waals surface area contributed by atoms with Crippen molar-refractivity contribution in [3.8, 4) is 0 Å². The molecule has 0 atom stereocenters. The molecule has 0 aliphatic rings. The van der Waals surface area contributed by atoms with E-state index >= 15 is 0 Å². The minimum atomic E-state index is 0.644. The predicted molar refractivity (Wildman–Crippen MR) is 64.2 cm³/mol. The first kappa shape index (κ1) is 10.3. The van der Waals surface area contributed by atoms with Gasteiger partial charge in [0.2, 0.25) is 0 Å². The smallest absolute Gasteiger partial charge is 0.0728 e. The maximum atomic E-state index is 6.00. The molecular formula is C11H9ClN2S. The second-order valence-electron chi connectivity index (χ2n) is 2.95. The fourth-order valence-corrected chi connectivity index (χ4v) is 2.22. The summed E-state index contributed by atoms with van der Waals surface area (Å²) in [6.07, 6.45) is 3.34. The van der Waals surface area contributed by atoms with Gasteiger partial charge in [-0.25, -0.2) is 0 Å². The van der Waals surface area contributed by atoms with E-state index in [9.17, 15) is 0 Å². The molecule has 0 aliphatic heterocycles. The van der Waals surface area contributed by atoms with Crippen LogP contribution in [0.25, 0.3) is 0 Å². The van der Waals surface area contributed by atoms with Crippen LogP contribution in [0.3, 0.4) is 0 Å². The minimum Gasteiger partial charge on any atom is -0.398 e. The highest BCUT2D eigenvalue weighted by atomic mass is 35.5. The summed E-state index contributed by atoms with van der Waals surface area (Å²) in [5.74, 6) is 0. The number of nitrogens with two attached hydrogens (primary N) is 1. The molecule has 0 aliphatic carbocycles. The molecule has 1 heterocycles. The van der Waals surface area contributed by atoms with Crippen LogP contribution in [0.4, 0.5) is 5.69 Å². The first-order valence-corrected chi connectivity index (χ1v) is 5.58. The monoisotopic (exact) mass is 236 g/mol. The maximum absolute atomic E-state index is 6.00. The van der Waals surface area contributed by atoms with E-state index in [0.717, 1.165) is 15.5 Å². The average Bonchev–Trinajstić information content (AvgIpc) is 2.24. The summed E-state index contributed by atoms with van der Waals surface area (Å²) in [6.45, 7) is 0. The average molecular weight is 237 g/mol. The summed E-state index contributed by atoms with van der Waals surface area (Å²) >= 11 is 7.55. The predicted octanol–water partition coefficient (Wildman–Crippen LogP) is 3.47. The molecule has 76 valence electrons. The lowest BCUT2D eigenvalue weighted by atomic mass is 10.3. The number of hydrogen-bond acceptors (Lipinski definition) is 3. The van der Waals surface area contributed by atoms with Gasteiger partial charge in [0.15, 0.2) is 0 Å². The van der Waals surface area contributed by atoms with Gasteiger partial charge in [-0.1, -0.05) is 35.5 Å². The molecule has 15 heavy (non-hydrogen) atoms. The van der Waals surface area contributed by atoms with E-state index in [-0.39, 0.29) is 0 Å². The lowest BCUT2D eigenvalue weighted by Gasteiger charge is -2.05. The molecule has 2 aromatic rings. The summed E-state index contributed by atoms with van der Waals surface area (Å²) in [5.41, 5.74) is 6.60. The van der Waals surface area contributed by atoms with Crippen LogP contribution in [0.15, 0.2) is 52.5 Å². The Labute approximate surface area is 97.5 Å². The van der Waals surface area contributed by atoms with Crippen molar-refractivity contribution in [3.05, 3.63) is 47.7 Å². The van der Waals surface area contributed by atoms with Crippen LogP contribution in [-0.4, -0.2) is 4.98 Å². The zero-order chi connectivity index (χ0) is 10.7. The third kappa shape index (κ3) is 2.43. The number of aromatic nitrogens is 1. The molecule has 2 N–H and O–H groups in total. The van der Waals surface area contributed by atoms with Gasteiger partial charge in [-0.3, -0.25) is 4.98 Å². The molecule has 0 saturated heterocycles. The van der Waals surface area contributed by atoms with Crippen molar-refractivity contribution in [3.63, 3.8) is 0 Å². The van der Waals surface area contributed by atoms with Gasteiger partial charge in [-0.05, 0) is 18.2 Å². The summed E-state index contributed by atoms with van der Waals surface area (Å²) in [4.78, 5) is 5.90. The molecule has 2 nitrogen and oxygen atoms in total. The van der Waals surface area contributed by atoms with E-state index in [1.807, 2.05) is 30.3 Å². The Bertz CT molecular complexity index is 430. The number of halogens is 1. The molecule has 0 bridgehead atoms. The van der Waals surface area contributed by atoms with Crippen LogP contribution < -0.4 is 5.73 Å². The molecule has 0 radical (unpaired) electrons. The van der Waals surface area contributed by atoms with Crippen molar-refractivity contribution in [1.29, 1.82) is 0 Å². The van der Waals surface area contributed by atoms with Crippen LogP contribution in [0.5, 0.6) is 0 Å². The second-order valence-corrected chi connectivity index (χ2v) is 4.44. The van der Waals surface area contributed by atoms with Crippen molar-refractivity contribution < 1.29 is 0 Å². The number of anilines is 1. The molecule has 1 aromatic carbocycles. The van der Waals surface area contributed by atoms with E-state index in [4.69, 9.17) is 17.3 Å². The largest absolute Gasteiger partial charge is 0.398 e. The Morgan fingerprint density at radius 3 is 2.67 bits per heavy atom. The van der Waals surface area contributed by atoms with E-state index in [0.29, 0.717) is 5.02 Å². The molecule has 0 fully saturated rings. The summed E-state index contributed by atoms with van der Waals surface area (Å²) in [7, 11) is 0. The quantitative estimate of drug-likeness (QED) is 0.812. The molecule has 4 heteroatoms. The standard InChI is InChI=1S/C11H9ClN2S/c12-8-7-14-6-5-10(8)15-11-4-2-1-3-9(11)13/h1-7H,13H2. The number of hydrogen-bond donors (Lipinski definition) is 1. The Kier molecular flexibility index (Phi) is 3.14. The van der Waals surface area contributed by atoms with Crippen LogP contribution in [0, 0.1) is 0 Å². The number of rotatable bonds is 2. The third-order valence-electron chi connectivity index (χ3n) is 1.87. The highest BCUT2D eigenvalue weighted by molar-refractivity contribution is 7.99. The lowest BCUT2D eigenvalue weighted by molar-refractivity contribution is 1.26. The van der Waals surface area contributed by atoms with Crippen LogP contribution in [-0.2, 0) is 0 Å². The van der Waals surface area contributed by atoms with Gasteiger partial charge in [0.25, 0.3) is 0 Å². The fourth-order valence-electron chi connectivity index (χ4n) is 1.14. The first-order valence-electron chi connectivity index (χ1n) is 4.39. The van der Waals surface area contributed by atoms with Crippen LogP contribution in [0.2, 0.25) is 5.02 Å². The normalized spacial score (nSPS) is 10.2. The van der Waals surface area contributed by atoms with Gasteiger partial charge in [0.05, 0.1) is 5.02 Å². The minimum absolute atomic E-state index is 0.644. The van der Waals surface area contributed by atoms with Crippen molar-refractivity contribution in [2.45, 2.75) is 9.79 Å². The van der Waals surface area contributed by atoms with Gasteiger partial charge in [0.1, 0.15) is 0 Å². The zero-order valence-corrected chi connectivity index (χ0v) is 9.42. The van der Waals surface area contributed by atoms with Gasteiger partial charge in [-0.15, -0.1) is 0 Å². The van der Waals surface area contributed by atoms with E-state index in [2.05, 4.69) is 4.98 Å². The number of nitrogen functional groups attached to an aromatic ring is 1. The van der Waals surface area contributed by atoms with Crippen molar-refractivity contribution in [1.82, 2.24) is 4.98 Å². The summed E-state index contributed by atoms with van der Waals surface area (Å²) in [6, 6.07) is 9.58. The molecule has 1 aromatic heterocycles. The summed E-state index contributed by atoms with van der Waals surface area (Å²) < 4.78 is 0. The van der Waals surface area contributed by atoms with Crippen molar-refractivity contribution in [2.24, 2.45) is 0 Å². The Balaban J connectivity index is 2.30. The maximum Gasteiger partial charge on any atom is 0.0728 e. The van der Waals surface area contributed by atoms with E-state index in [1.54, 1.807) is 24.2 Å². The number of pyridine rings is 1. The third-order valence-corrected chi connectivity index (χ3v) is 3.46. The van der Waals surface area contributed by atoms with Gasteiger partial charge in [-0.2, -0.15) is 0 Å². The van der Waals surface area contributed by atoms with Crippen LogP contribution in [0.1, 0.15) is 0 Å². The Morgan fingerprint density at radius 2 is 1.93 bits per heavy atom. The van der Waals surface area contributed by atoms with Gasteiger partial charge >= 0.3 is 0 Å². The second kappa shape index (κ2) is 4.55. The van der Waals surface area contributed by atoms with E-state index < -0.39 is 0 Å². The zero-order valence-electron chi connectivity index (χ0n) is 7.85. The molecule has 0 spiro atoms. The Morgan fingerprint density at radius 1 is 1.13 bits per heavy atom. The Hall–Kier alpha value is -1.19. The number of benzene rings is 1. The topological polar surface area (TPSA) is 38.9 Å². The molecular weight excluding hydrogens is 228 g/mol. The highest BCUT2D eigenvalue weighted by Crippen LogP contribution is 2.35.